The maximum absolute atomic E-state index is 14.5. The Kier molecular flexibility index (Phi) is 10.3. The van der Waals surface area contributed by atoms with Crippen LogP contribution >= 0.6 is 0 Å². The second-order valence-electron chi connectivity index (χ2n) is 13.9. The fraction of sp³-hybridized carbons (Fsp3) is 0.450. The van der Waals surface area contributed by atoms with Gasteiger partial charge in [-0.05, 0) is 47.7 Å². The molecule has 2 bridgehead atoms. The first-order chi connectivity index (χ1) is 24.5. The van der Waals surface area contributed by atoms with Gasteiger partial charge in [0.25, 0.3) is 0 Å². The van der Waals surface area contributed by atoms with Crippen molar-refractivity contribution in [2.45, 2.75) is 81.6 Å². The van der Waals surface area contributed by atoms with Gasteiger partial charge in [0.2, 0.25) is 5.60 Å². The molecule has 50 heavy (non-hydrogen) atoms. The first-order valence-corrected chi connectivity index (χ1v) is 18.0. The van der Waals surface area contributed by atoms with Gasteiger partial charge in [0.05, 0.1) is 38.3 Å². The normalized spacial score (nSPS) is 20.9. The van der Waals surface area contributed by atoms with Crippen LogP contribution in [0.15, 0.2) is 90.2 Å². The minimum atomic E-state index is -1.61. The van der Waals surface area contributed by atoms with Gasteiger partial charge in [-0.1, -0.05) is 65.8 Å². The number of hydrogen-bond donors (Lipinski definition) is 1. The number of ether oxygens (including phenoxy) is 4. The van der Waals surface area contributed by atoms with E-state index in [0.717, 1.165) is 29.3 Å². The number of hydrogen-bond acceptors (Lipinski definition) is 8. The van der Waals surface area contributed by atoms with Crippen LogP contribution in [0.25, 0.3) is 10.9 Å². The molecule has 3 fully saturated rings. The summed E-state index contributed by atoms with van der Waals surface area (Å²) in [6.45, 7) is 2.60. The minimum absolute atomic E-state index is 0.116. The quantitative estimate of drug-likeness (QED) is 0.0475. The van der Waals surface area contributed by atoms with E-state index >= 15 is 0 Å². The summed E-state index contributed by atoms with van der Waals surface area (Å²) in [5.74, 6) is -0.264. The van der Waals surface area contributed by atoms with Crippen molar-refractivity contribution in [2.75, 3.05) is 33.0 Å². The number of aromatic nitrogens is 1. The molecular weight excluding hydrogens is 634 g/mol. The van der Waals surface area contributed by atoms with E-state index in [4.69, 9.17) is 18.9 Å². The van der Waals surface area contributed by atoms with Gasteiger partial charge in [-0.15, -0.1) is 0 Å². The van der Waals surface area contributed by atoms with E-state index < -0.39 is 24.3 Å². The maximum atomic E-state index is 14.5. The molecule has 10 nitrogen and oxygen atoms in total. The average molecular weight is 681 g/mol. The molecule has 2 unspecified atom stereocenters. The zero-order chi connectivity index (χ0) is 34.4. The molecule has 0 radical (unpaired) electrons. The van der Waals surface area contributed by atoms with Gasteiger partial charge in [-0.25, -0.2) is 4.79 Å². The van der Waals surface area contributed by atoms with Crippen LogP contribution in [-0.2, 0) is 35.8 Å². The number of H-pyrrole nitrogens is 1. The Labute approximate surface area is 292 Å². The van der Waals surface area contributed by atoms with Crippen molar-refractivity contribution in [3.05, 3.63) is 107 Å². The number of nitrogens with zero attached hydrogens (tertiary/aromatic N) is 2. The molecule has 0 aliphatic carbocycles. The lowest BCUT2D eigenvalue weighted by atomic mass is 9.85. The summed E-state index contributed by atoms with van der Waals surface area (Å²) in [6.07, 6.45) is 9.51. The van der Waals surface area contributed by atoms with Gasteiger partial charge >= 0.3 is 11.9 Å². The third kappa shape index (κ3) is 6.79. The molecule has 3 saturated heterocycles. The number of carbonyl (C=O) groups excluding carboxylic acids is 2. The highest BCUT2D eigenvalue weighted by atomic mass is 16.7. The third-order valence-corrected chi connectivity index (χ3v) is 11.2. The fourth-order valence-electron chi connectivity index (χ4n) is 8.80. The number of piperidine rings is 1. The standard InChI is InChI=1S/C40H46N3O7/c44-38(14-9-23-47-34-17-18-37-36(26-34)29(27-41-37)19-20-42-46)48-28-49-40(30-10-3-1-4-11-30,31-12-5-2-6-13-31)39(45)50-35-24-32-15-16-33(25-35)43(32)21-7-8-22-43/h1-6,10-13,17-18,26-27,32-33,35,41H,7-9,14-16,19-25,28H2/q+1. The summed E-state index contributed by atoms with van der Waals surface area (Å²) in [5.41, 5.74) is 1.58. The molecule has 3 aliphatic rings. The van der Waals surface area contributed by atoms with E-state index in [1.54, 1.807) is 0 Å². The van der Waals surface area contributed by atoms with Crippen LogP contribution in [-0.4, -0.2) is 72.6 Å². The Morgan fingerprint density at radius 1 is 0.900 bits per heavy atom. The number of esters is 2. The summed E-state index contributed by atoms with van der Waals surface area (Å²) in [4.78, 5) is 41.2. The second-order valence-corrected chi connectivity index (χ2v) is 13.9. The third-order valence-electron chi connectivity index (χ3n) is 11.2. The first kappa shape index (κ1) is 33.9. The first-order valence-electron chi connectivity index (χ1n) is 18.0. The maximum Gasteiger partial charge on any atom is 0.348 e. The van der Waals surface area contributed by atoms with Crippen molar-refractivity contribution in [3.8, 4) is 5.75 Å². The minimum Gasteiger partial charge on any atom is -0.494 e. The summed E-state index contributed by atoms with van der Waals surface area (Å²) >= 11 is 0. The molecule has 3 aliphatic heterocycles. The Morgan fingerprint density at radius 3 is 2.24 bits per heavy atom. The fourth-order valence-corrected chi connectivity index (χ4v) is 8.80. The Morgan fingerprint density at radius 2 is 1.58 bits per heavy atom. The molecule has 2 atom stereocenters. The van der Waals surface area contributed by atoms with Crippen molar-refractivity contribution >= 4 is 22.8 Å². The Bertz CT molecular complexity index is 1710. The van der Waals surface area contributed by atoms with Gasteiger partial charge in [-0.2, -0.15) is 4.91 Å². The lowest BCUT2D eigenvalue weighted by Gasteiger charge is -2.47. The molecule has 10 heteroatoms. The number of benzene rings is 3. The number of carbonyl (C=O) groups is 2. The molecule has 7 rings (SSSR count). The van der Waals surface area contributed by atoms with Crippen molar-refractivity contribution in [1.29, 1.82) is 0 Å². The molecule has 4 aromatic rings. The molecule has 3 aromatic carbocycles. The number of aromatic amines is 1. The van der Waals surface area contributed by atoms with Gasteiger partial charge < -0.3 is 28.4 Å². The average Bonchev–Trinajstić information content (AvgIpc) is 3.84. The van der Waals surface area contributed by atoms with E-state index in [0.29, 0.717) is 48.4 Å². The molecule has 1 aromatic heterocycles. The monoisotopic (exact) mass is 680 g/mol. The number of fused-ring (bicyclic) bond motifs is 1. The number of rotatable bonds is 15. The highest BCUT2D eigenvalue weighted by Crippen LogP contribution is 2.47. The van der Waals surface area contributed by atoms with Crippen LogP contribution in [0.1, 0.15) is 68.1 Å². The van der Waals surface area contributed by atoms with E-state index in [1.807, 2.05) is 85.1 Å². The van der Waals surface area contributed by atoms with Crippen LogP contribution in [0, 0.1) is 4.91 Å². The van der Waals surface area contributed by atoms with Crippen molar-refractivity contribution in [2.24, 2.45) is 5.18 Å². The van der Waals surface area contributed by atoms with Crippen LogP contribution < -0.4 is 4.74 Å². The van der Waals surface area contributed by atoms with Crippen LogP contribution in [0.4, 0.5) is 0 Å². The van der Waals surface area contributed by atoms with Crippen molar-refractivity contribution in [3.63, 3.8) is 0 Å². The van der Waals surface area contributed by atoms with E-state index in [2.05, 4.69) is 10.2 Å². The van der Waals surface area contributed by atoms with Gasteiger partial charge in [0.1, 0.15) is 11.9 Å². The summed E-state index contributed by atoms with van der Waals surface area (Å²) in [7, 11) is 0. The number of nitroso groups, excluding NO2 is 1. The topological polar surface area (TPSA) is 116 Å². The zero-order valence-electron chi connectivity index (χ0n) is 28.5. The lowest BCUT2D eigenvalue weighted by molar-refractivity contribution is -0.956. The SMILES string of the molecule is O=NCCc1c[nH]c2ccc(OCCCC(=O)OCOC(C(=O)OC3CC4CCC(C3)[N+]43CCCC3)(c3ccccc3)c3ccccc3)cc12. The van der Waals surface area contributed by atoms with Gasteiger partial charge in [0, 0.05) is 62.0 Å². The summed E-state index contributed by atoms with van der Waals surface area (Å²) in [5, 5.41) is 3.94. The van der Waals surface area contributed by atoms with Crippen LogP contribution in [0.3, 0.4) is 0 Å². The molecule has 0 amide bonds. The smallest absolute Gasteiger partial charge is 0.348 e. The predicted molar refractivity (Wildman–Crippen MR) is 188 cm³/mol. The Hall–Kier alpha value is -4.54. The molecule has 0 saturated carbocycles. The van der Waals surface area contributed by atoms with E-state index in [9.17, 15) is 14.5 Å². The van der Waals surface area contributed by atoms with Crippen molar-refractivity contribution < 1.29 is 33.0 Å². The predicted octanol–water partition coefficient (Wildman–Crippen LogP) is 6.94. The highest BCUT2D eigenvalue weighted by molar-refractivity contribution is 5.86. The number of nitrogens with one attached hydrogen (secondary N) is 1. The summed E-state index contributed by atoms with van der Waals surface area (Å²) in [6, 6.07) is 25.5. The lowest BCUT2D eigenvalue weighted by Crippen LogP contribution is -2.60. The second kappa shape index (κ2) is 15.1. The number of quaternary nitrogens is 1. The van der Waals surface area contributed by atoms with Gasteiger partial charge in [-0.3, -0.25) is 4.79 Å². The molecule has 1 spiro atoms. The summed E-state index contributed by atoms with van der Waals surface area (Å²) < 4.78 is 25.5. The largest absolute Gasteiger partial charge is 0.494 e. The highest BCUT2D eigenvalue weighted by Gasteiger charge is 2.57. The zero-order valence-corrected chi connectivity index (χ0v) is 28.5. The van der Waals surface area contributed by atoms with E-state index in [1.165, 1.54) is 43.3 Å². The van der Waals surface area contributed by atoms with Crippen LogP contribution in [0.5, 0.6) is 5.75 Å². The molecule has 262 valence electrons. The van der Waals surface area contributed by atoms with Crippen molar-refractivity contribution in [1.82, 2.24) is 4.98 Å². The molecule has 4 heterocycles. The van der Waals surface area contributed by atoms with Crippen LogP contribution in [0.2, 0.25) is 0 Å². The molecule has 1 N–H and O–H groups in total. The Balaban J connectivity index is 0.991. The molecular formula is C40H46N3O7+. The van der Waals surface area contributed by atoms with Gasteiger partial charge in [0.15, 0.2) is 6.79 Å². The van der Waals surface area contributed by atoms with E-state index in [-0.39, 0.29) is 19.1 Å².